The number of aromatic nitrogens is 2. The molecule has 0 bridgehead atoms. The molecule has 21 heavy (non-hydrogen) atoms. The summed E-state index contributed by atoms with van der Waals surface area (Å²) in [7, 11) is 1.68. The van der Waals surface area contributed by atoms with Gasteiger partial charge in [-0.2, -0.15) is 0 Å². The van der Waals surface area contributed by atoms with Gasteiger partial charge in [0.1, 0.15) is 15.9 Å². The van der Waals surface area contributed by atoms with E-state index in [1.54, 1.807) is 7.11 Å². The lowest BCUT2D eigenvalue weighted by molar-refractivity contribution is -0.1000. The molecule has 1 aromatic heterocycles. The molecule has 0 N–H and O–H groups in total. The van der Waals surface area contributed by atoms with E-state index in [4.69, 9.17) is 32.7 Å². The van der Waals surface area contributed by atoms with Crippen molar-refractivity contribution in [2.45, 2.75) is 50.0 Å². The summed E-state index contributed by atoms with van der Waals surface area (Å²) < 4.78 is 11.1. The Morgan fingerprint density at radius 3 is 2.19 bits per heavy atom. The van der Waals surface area contributed by atoms with Crippen LogP contribution in [0.1, 0.15) is 55.8 Å². The van der Waals surface area contributed by atoms with Gasteiger partial charge >= 0.3 is 0 Å². The van der Waals surface area contributed by atoms with Gasteiger partial charge in [-0.1, -0.05) is 36.0 Å². The molecule has 1 aromatic rings. The van der Waals surface area contributed by atoms with Gasteiger partial charge in [0.05, 0.1) is 0 Å². The van der Waals surface area contributed by atoms with E-state index in [0.717, 1.165) is 31.2 Å². The van der Waals surface area contributed by atoms with E-state index in [9.17, 15) is 0 Å². The second-order valence-electron chi connectivity index (χ2n) is 5.83. The van der Waals surface area contributed by atoms with Gasteiger partial charge in [-0.3, -0.25) is 0 Å². The zero-order valence-corrected chi connectivity index (χ0v) is 13.7. The maximum Gasteiger partial charge on any atom is 0.163 e. The molecule has 4 nitrogen and oxygen atoms in total. The average Bonchev–Trinajstić information content (AvgIpc) is 3.01. The molecular weight excluding hydrogens is 311 g/mol. The third kappa shape index (κ3) is 2.91. The van der Waals surface area contributed by atoms with Gasteiger partial charge in [0, 0.05) is 38.7 Å². The van der Waals surface area contributed by atoms with Crippen LogP contribution in [-0.4, -0.2) is 30.3 Å². The number of ether oxygens (including phenoxy) is 2. The SMILES string of the molecule is COC1(c2nc(Cl)c(C3CCCC3)c(Cl)n2)CCOCC1. The molecule has 0 amide bonds. The zero-order chi connectivity index (χ0) is 14.9. The van der Waals surface area contributed by atoms with Crippen LogP contribution >= 0.6 is 23.2 Å². The minimum absolute atomic E-state index is 0.396. The molecule has 1 aliphatic heterocycles. The van der Waals surface area contributed by atoms with Gasteiger partial charge in [-0.15, -0.1) is 0 Å². The predicted molar refractivity (Wildman–Crippen MR) is 82.0 cm³/mol. The third-order valence-electron chi connectivity index (χ3n) is 4.71. The molecule has 2 aliphatic rings. The van der Waals surface area contributed by atoms with Gasteiger partial charge in [-0.05, 0) is 18.8 Å². The van der Waals surface area contributed by atoms with Crippen molar-refractivity contribution < 1.29 is 9.47 Å². The normalized spacial score (nSPS) is 22.6. The van der Waals surface area contributed by atoms with Crippen molar-refractivity contribution in [1.29, 1.82) is 0 Å². The lowest BCUT2D eigenvalue weighted by Crippen LogP contribution is -2.37. The molecule has 2 fully saturated rings. The van der Waals surface area contributed by atoms with Crippen molar-refractivity contribution in [1.82, 2.24) is 9.97 Å². The van der Waals surface area contributed by atoms with Crippen molar-refractivity contribution in [2.24, 2.45) is 0 Å². The maximum absolute atomic E-state index is 6.43. The Morgan fingerprint density at radius 2 is 1.67 bits per heavy atom. The highest BCUT2D eigenvalue weighted by Crippen LogP contribution is 2.42. The molecule has 1 aliphatic carbocycles. The van der Waals surface area contributed by atoms with E-state index >= 15 is 0 Å². The molecule has 0 aromatic carbocycles. The minimum Gasteiger partial charge on any atom is -0.381 e. The first kappa shape index (κ1) is 15.5. The molecule has 3 rings (SSSR count). The van der Waals surface area contributed by atoms with E-state index in [2.05, 4.69) is 9.97 Å². The standard InChI is InChI=1S/C15H20Cl2N2O2/c1-20-15(6-8-21-9-7-15)14-18-12(16)11(13(17)19-14)10-4-2-3-5-10/h10H,2-9H2,1H3. The topological polar surface area (TPSA) is 44.2 Å². The van der Waals surface area contributed by atoms with Crippen LogP contribution in [0.25, 0.3) is 0 Å². The first-order chi connectivity index (χ1) is 10.2. The van der Waals surface area contributed by atoms with Crippen molar-refractivity contribution >= 4 is 23.2 Å². The van der Waals surface area contributed by atoms with E-state index in [1.807, 2.05) is 0 Å². The monoisotopic (exact) mass is 330 g/mol. The highest BCUT2D eigenvalue weighted by Gasteiger charge is 2.39. The molecule has 116 valence electrons. The van der Waals surface area contributed by atoms with Crippen molar-refractivity contribution in [3.05, 3.63) is 21.7 Å². The van der Waals surface area contributed by atoms with Crippen LogP contribution < -0.4 is 0 Å². The Morgan fingerprint density at radius 1 is 1.10 bits per heavy atom. The number of methoxy groups -OCH3 is 1. The second-order valence-corrected chi connectivity index (χ2v) is 6.55. The zero-order valence-electron chi connectivity index (χ0n) is 12.2. The molecule has 2 heterocycles. The Kier molecular flexibility index (Phi) is 4.69. The predicted octanol–water partition coefficient (Wildman–Crippen LogP) is 4.09. The molecule has 0 unspecified atom stereocenters. The van der Waals surface area contributed by atoms with Crippen LogP contribution in [0.5, 0.6) is 0 Å². The summed E-state index contributed by atoms with van der Waals surface area (Å²) in [6.07, 6.45) is 6.12. The quantitative estimate of drug-likeness (QED) is 0.783. The summed E-state index contributed by atoms with van der Waals surface area (Å²) in [5, 5.41) is 0.972. The molecule has 1 saturated carbocycles. The largest absolute Gasteiger partial charge is 0.381 e. The number of hydrogen-bond acceptors (Lipinski definition) is 4. The highest BCUT2D eigenvalue weighted by atomic mass is 35.5. The number of rotatable bonds is 3. The van der Waals surface area contributed by atoms with E-state index < -0.39 is 5.60 Å². The van der Waals surface area contributed by atoms with Crippen molar-refractivity contribution in [3.63, 3.8) is 0 Å². The molecule has 1 saturated heterocycles. The van der Waals surface area contributed by atoms with Crippen LogP contribution in [-0.2, 0) is 15.1 Å². The van der Waals surface area contributed by atoms with Gasteiger partial charge in [0.15, 0.2) is 5.82 Å². The molecule has 0 atom stereocenters. The summed E-state index contributed by atoms with van der Waals surface area (Å²) in [6, 6.07) is 0. The second kappa shape index (κ2) is 6.37. The van der Waals surface area contributed by atoms with Crippen LogP contribution in [0.3, 0.4) is 0 Å². The molecule has 0 spiro atoms. The van der Waals surface area contributed by atoms with E-state index in [0.29, 0.717) is 35.3 Å². The smallest absolute Gasteiger partial charge is 0.163 e. The Bertz CT molecular complexity index is 489. The summed E-state index contributed by atoms with van der Waals surface area (Å²) in [5.41, 5.74) is 0.387. The highest BCUT2D eigenvalue weighted by molar-refractivity contribution is 6.34. The lowest BCUT2D eigenvalue weighted by atomic mass is 9.92. The van der Waals surface area contributed by atoms with E-state index in [-0.39, 0.29) is 0 Å². The van der Waals surface area contributed by atoms with Crippen LogP contribution in [0.4, 0.5) is 0 Å². The number of nitrogens with zero attached hydrogens (tertiary/aromatic N) is 2. The van der Waals surface area contributed by atoms with Gasteiger partial charge < -0.3 is 9.47 Å². The average molecular weight is 331 g/mol. The fourth-order valence-electron chi connectivity index (χ4n) is 3.39. The maximum atomic E-state index is 6.43. The van der Waals surface area contributed by atoms with Gasteiger partial charge in [-0.25, -0.2) is 9.97 Å². The van der Waals surface area contributed by atoms with Crippen molar-refractivity contribution in [3.8, 4) is 0 Å². The first-order valence-corrected chi connectivity index (χ1v) is 8.28. The number of halogens is 2. The Balaban J connectivity index is 1.97. The molecule has 0 radical (unpaired) electrons. The fourth-order valence-corrected chi connectivity index (χ4v) is 4.09. The van der Waals surface area contributed by atoms with Crippen LogP contribution in [0.15, 0.2) is 0 Å². The first-order valence-electron chi connectivity index (χ1n) is 7.52. The summed E-state index contributed by atoms with van der Waals surface area (Å²) in [4.78, 5) is 9.07. The van der Waals surface area contributed by atoms with Gasteiger partial charge in [0.2, 0.25) is 0 Å². The molecule has 6 heteroatoms. The van der Waals surface area contributed by atoms with Crippen LogP contribution in [0.2, 0.25) is 10.3 Å². The van der Waals surface area contributed by atoms with E-state index in [1.165, 1.54) is 12.8 Å². The van der Waals surface area contributed by atoms with Gasteiger partial charge in [0.25, 0.3) is 0 Å². The fraction of sp³-hybridized carbons (Fsp3) is 0.733. The lowest BCUT2D eigenvalue weighted by Gasteiger charge is -2.34. The van der Waals surface area contributed by atoms with Crippen molar-refractivity contribution in [2.75, 3.05) is 20.3 Å². The third-order valence-corrected chi connectivity index (χ3v) is 5.29. The summed E-state index contributed by atoms with van der Waals surface area (Å²) in [6.45, 7) is 1.27. The minimum atomic E-state index is -0.528. The molecular formula is C15H20Cl2N2O2. The summed E-state index contributed by atoms with van der Waals surface area (Å²) in [5.74, 6) is 0.984. The number of hydrogen-bond donors (Lipinski definition) is 0. The Hall–Kier alpha value is -0.420. The summed E-state index contributed by atoms with van der Waals surface area (Å²) >= 11 is 12.9. The van der Waals surface area contributed by atoms with Crippen LogP contribution in [0, 0.1) is 0 Å². The Labute approximate surface area is 135 Å².